The highest BCUT2D eigenvalue weighted by Crippen LogP contribution is 2.26. The lowest BCUT2D eigenvalue weighted by atomic mass is 9.84. The molecule has 1 aliphatic carbocycles. The fraction of sp³-hybridized carbons (Fsp3) is 1.00. The molecule has 0 aromatic carbocycles. The lowest BCUT2D eigenvalue weighted by Crippen LogP contribution is -2.39. The van der Waals surface area contributed by atoms with Crippen molar-refractivity contribution >= 4 is 10.8 Å². The average molecular weight is 247 g/mol. The van der Waals surface area contributed by atoms with Crippen LogP contribution in [0.25, 0.3) is 0 Å². The SMILES string of the molecule is CNC(CS(=O)CCOC)C1CCCCC1. The molecule has 16 heavy (non-hydrogen) atoms. The van der Waals surface area contributed by atoms with Crippen molar-refractivity contribution in [1.82, 2.24) is 5.32 Å². The quantitative estimate of drug-likeness (QED) is 0.742. The third kappa shape index (κ3) is 4.93. The van der Waals surface area contributed by atoms with E-state index in [2.05, 4.69) is 5.32 Å². The summed E-state index contributed by atoms with van der Waals surface area (Å²) in [5.74, 6) is 2.18. The maximum Gasteiger partial charge on any atom is 0.0577 e. The molecule has 1 saturated carbocycles. The van der Waals surface area contributed by atoms with Crippen molar-refractivity contribution in [2.24, 2.45) is 5.92 Å². The summed E-state index contributed by atoms with van der Waals surface area (Å²) in [5.41, 5.74) is 0. The van der Waals surface area contributed by atoms with E-state index < -0.39 is 10.8 Å². The van der Waals surface area contributed by atoms with E-state index >= 15 is 0 Å². The van der Waals surface area contributed by atoms with Gasteiger partial charge < -0.3 is 10.1 Å². The molecule has 96 valence electrons. The minimum atomic E-state index is -0.739. The zero-order valence-electron chi connectivity index (χ0n) is 10.5. The summed E-state index contributed by atoms with van der Waals surface area (Å²) in [6.45, 7) is 0.605. The van der Waals surface area contributed by atoms with Gasteiger partial charge in [-0.3, -0.25) is 4.21 Å². The number of nitrogens with one attached hydrogen (secondary N) is 1. The van der Waals surface area contributed by atoms with Crippen LogP contribution in [-0.2, 0) is 15.5 Å². The maximum absolute atomic E-state index is 11.8. The van der Waals surface area contributed by atoms with Gasteiger partial charge in [-0.2, -0.15) is 0 Å². The highest BCUT2D eigenvalue weighted by Gasteiger charge is 2.23. The van der Waals surface area contributed by atoms with Crippen LogP contribution in [-0.4, -0.2) is 42.5 Å². The molecule has 2 atom stereocenters. The second-order valence-electron chi connectivity index (χ2n) is 4.60. The van der Waals surface area contributed by atoms with E-state index in [4.69, 9.17) is 4.74 Å². The standard InChI is InChI=1S/C12H25NO2S/c1-13-12(10-16(14)9-8-15-2)11-6-4-3-5-7-11/h11-13H,3-10H2,1-2H3. The molecule has 1 fully saturated rings. The summed E-state index contributed by atoms with van der Waals surface area (Å²) in [6, 6.07) is 0.429. The van der Waals surface area contributed by atoms with Crippen molar-refractivity contribution in [3.8, 4) is 0 Å². The topological polar surface area (TPSA) is 38.3 Å². The van der Waals surface area contributed by atoms with Crippen LogP contribution >= 0.6 is 0 Å². The molecule has 0 spiro atoms. The molecule has 0 heterocycles. The number of hydrogen-bond donors (Lipinski definition) is 1. The van der Waals surface area contributed by atoms with Crippen molar-refractivity contribution in [2.45, 2.75) is 38.1 Å². The van der Waals surface area contributed by atoms with Gasteiger partial charge in [0.05, 0.1) is 6.61 Å². The monoisotopic (exact) mass is 247 g/mol. The molecule has 0 aliphatic heterocycles. The van der Waals surface area contributed by atoms with Crippen LogP contribution in [0.1, 0.15) is 32.1 Å². The van der Waals surface area contributed by atoms with Gasteiger partial charge in [0.2, 0.25) is 0 Å². The molecule has 3 nitrogen and oxygen atoms in total. The van der Waals surface area contributed by atoms with E-state index in [0.717, 1.165) is 11.7 Å². The zero-order chi connectivity index (χ0) is 11.8. The van der Waals surface area contributed by atoms with Gasteiger partial charge >= 0.3 is 0 Å². The molecule has 0 amide bonds. The Labute approximate surface area is 102 Å². The number of hydrogen-bond acceptors (Lipinski definition) is 3. The zero-order valence-corrected chi connectivity index (χ0v) is 11.4. The molecule has 0 bridgehead atoms. The van der Waals surface area contributed by atoms with Crippen molar-refractivity contribution in [1.29, 1.82) is 0 Å². The largest absolute Gasteiger partial charge is 0.384 e. The van der Waals surface area contributed by atoms with Gasteiger partial charge in [0.25, 0.3) is 0 Å². The molecule has 0 saturated heterocycles. The van der Waals surface area contributed by atoms with Crippen molar-refractivity contribution in [2.75, 3.05) is 32.3 Å². The Hall–Kier alpha value is 0.0700. The van der Waals surface area contributed by atoms with Crippen LogP contribution in [0.15, 0.2) is 0 Å². The van der Waals surface area contributed by atoms with E-state index in [9.17, 15) is 4.21 Å². The van der Waals surface area contributed by atoms with E-state index in [1.165, 1.54) is 32.1 Å². The summed E-state index contributed by atoms with van der Waals surface area (Å²) in [4.78, 5) is 0. The van der Waals surface area contributed by atoms with Gasteiger partial charge in [0, 0.05) is 35.5 Å². The molecule has 4 heteroatoms. The molecular weight excluding hydrogens is 222 g/mol. The smallest absolute Gasteiger partial charge is 0.0577 e. The second kappa shape index (κ2) is 8.20. The Balaban J connectivity index is 2.32. The first-order valence-electron chi connectivity index (χ1n) is 6.29. The van der Waals surface area contributed by atoms with Crippen molar-refractivity contribution in [3.05, 3.63) is 0 Å². The highest BCUT2D eigenvalue weighted by atomic mass is 32.2. The Morgan fingerprint density at radius 3 is 2.62 bits per heavy atom. The Kier molecular flexibility index (Phi) is 7.25. The predicted molar refractivity (Wildman–Crippen MR) is 69.2 cm³/mol. The average Bonchev–Trinajstić information content (AvgIpc) is 2.34. The number of methoxy groups -OCH3 is 1. The van der Waals surface area contributed by atoms with E-state index in [1.807, 2.05) is 7.05 Å². The molecular formula is C12H25NO2S. The van der Waals surface area contributed by atoms with Gasteiger partial charge in [-0.15, -0.1) is 0 Å². The first kappa shape index (κ1) is 14.1. The molecule has 2 unspecified atom stereocenters. The Morgan fingerprint density at radius 2 is 2.06 bits per heavy atom. The summed E-state index contributed by atoms with van der Waals surface area (Å²) in [6.07, 6.45) is 6.65. The highest BCUT2D eigenvalue weighted by molar-refractivity contribution is 7.85. The van der Waals surface area contributed by atoms with Gasteiger partial charge in [-0.25, -0.2) is 0 Å². The molecule has 1 rings (SSSR count). The number of ether oxygens (including phenoxy) is 1. The van der Waals surface area contributed by atoms with Gasteiger partial charge in [0.1, 0.15) is 0 Å². The number of rotatable bonds is 7. The minimum Gasteiger partial charge on any atom is -0.384 e. The summed E-state index contributed by atoms with van der Waals surface area (Å²) in [5, 5.41) is 3.35. The summed E-state index contributed by atoms with van der Waals surface area (Å²) < 4.78 is 16.8. The van der Waals surface area contributed by atoms with Crippen LogP contribution in [0.2, 0.25) is 0 Å². The molecule has 0 radical (unpaired) electrons. The fourth-order valence-corrected chi connectivity index (χ4v) is 3.81. The Bertz CT molecular complexity index is 205. The molecule has 0 aromatic rings. The molecule has 1 N–H and O–H groups in total. The first-order valence-corrected chi connectivity index (χ1v) is 7.78. The van der Waals surface area contributed by atoms with E-state index in [-0.39, 0.29) is 0 Å². The van der Waals surface area contributed by atoms with Crippen molar-refractivity contribution in [3.63, 3.8) is 0 Å². The first-order chi connectivity index (χ1) is 7.77. The second-order valence-corrected chi connectivity index (χ2v) is 6.22. The van der Waals surface area contributed by atoms with Crippen LogP contribution in [0.5, 0.6) is 0 Å². The third-order valence-electron chi connectivity index (χ3n) is 3.47. The Morgan fingerprint density at radius 1 is 1.38 bits per heavy atom. The third-order valence-corrected chi connectivity index (χ3v) is 4.82. The predicted octanol–water partition coefficient (Wildman–Crippen LogP) is 1.55. The minimum absolute atomic E-state index is 0.429. The van der Waals surface area contributed by atoms with Gasteiger partial charge in [0.15, 0.2) is 0 Å². The normalized spacial score (nSPS) is 21.9. The van der Waals surface area contributed by atoms with Crippen LogP contribution < -0.4 is 5.32 Å². The summed E-state index contributed by atoms with van der Waals surface area (Å²) in [7, 11) is 2.91. The lowest BCUT2D eigenvalue weighted by Gasteiger charge is -2.29. The maximum atomic E-state index is 11.8. The fourth-order valence-electron chi connectivity index (χ4n) is 2.45. The van der Waals surface area contributed by atoms with Crippen LogP contribution in [0.4, 0.5) is 0 Å². The molecule has 0 aromatic heterocycles. The molecule has 1 aliphatic rings. The van der Waals surface area contributed by atoms with E-state index in [1.54, 1.807) is 7.11 Å². The van der Waals surface area contributed by atoms with Crippen LogP contribution in [0.3, 0.4) is 0 Å². The van der Waals surface area contributed by atoms with Crippen molar-refractivity contribution < 1.29 is 8.95 Å². The summed E-state index contributed by atoms with van der Waals surface area (Å²) >= 11 is 0. The lowest BCUT2D eigenvalue weighted by molar-refractivity contribution is 0.217. The van der Waals surface area contributed by atoms with Gasteiger partial charge in [-0.1, -0.05) is 19.3 Å². The van der Waals surface area contributed by atoms with E-state index in [0.29, 0.717) is 18.4 Å². The van der Waals surface area contributed by atoms with Crippen LogP contribution in [0, 0.1) is 5.92 Å². The van der Waals surface area contributed by atoms with Gasteiger partial charge in [-0.05, 0) is 25.8 Å².